The Balaban J connectivity index is 1.16. The molecule has 6 rings (SSSR count). The van der Waals surface area contributed by atoms with Gasteiger partial charge < -0.3 is 111 Å². The van der Waals surface area contributed by atoms with E-state index in [0.717, 1.165) is 4.90 Å². The molecule has 3 aromatic carbocycles. The zero-order valence-corrected chi connectivity index (χ0v) is 63.7. The molecule has 0 saturated carbocycles. The average Bonchev–Trinajstić information content (AvgIpc) is 1.72. The minimum absolute atomic E-state index is 0.0150. The summed E-state index contributed by atoms with van der Waals surface area (Å²) < 4.78 is 0. The lowest BCUT2D eigenvalue weighted by Gasteiger charge is -2.30. The summed E-state index contributed by atoms with van der Waals surface area (Å²) in [6.45, 7) is 4.79. The van der Waals surface area contributed by atoms with Crippen molar-refractivity contribution in [2.75, 3.05) is 37.7 Å². The Bertz CT molecular complexity index is 4120. The van der Waals surface area contributed by atoms with Crippen LogP contribution in [0.3, 0.4) is 0 Å². The van der Waals surface area contributed by atoms with E-state index in [2.05, 4.69) is 88.4 Å². The molecule has 0 unspecified atom stereocenters. The van der Waals surface area contributed by atoms with Gasteiger partial charge in [0.1, 0.15) is 72.2 Å². The number of carbonyl (C=O) groups is 15. The normalized spacial score (nSPS) is 15.7. The molecule has 111 heavy (non-hydrogen) atoms. The van der Waals surface area contributed by atoms with Gasteiger partial charge in [0.25, 0.3) is 0 Å². The minimum Gasteiger partial charge on any atom is -0.508 e. The highest BCUT2D eigenvalue weighted by Crippen LogP contribution is 2.24. The number of primary amides is 1. The number of phenols is 1. The fraction of sp³-hybridized carbons (Fsp3) is 0.493. The van der Waals surface area contributed by atoms with Crippen LogP contribution in [0.2, 0.25) is 0 Å². The van der Waals surface area contributed by atoms with E-state index in [1.165, 1.54) is 12.1 Å². The smallest absolute Gasteiger partial charge is 0.328 e. The molecule has 5 aromatic rings. The van der Waals surface area contributed by atoms with Crippen molar-refractivity contribution in [2.45, 2.75) is 177 Å². The maximum atomic E-state index is 14.7. The molecule has 36 nitrogen and oxygen atoms in total. The number of aromatic amines is 2. The number of carboxylic acids is 2. The summed E-state index contributed by atoms with van der Waals surface area (Å²) in [7, 11) is 0. The van der Waals surface area contributed by atoms with Gasteiger partial charge in [0, 0.05) is 84.4 Å². The van der Waals surface area contributed by atoms with Crippen LogP contribution in [0.1, 0.15) is 102 Å². The number of aliphatic hydroxyl groups excluding tert-OH is 1. The molecule has 604 valence electrons. The van der Waals surface area contributed by atoms with Crippen LogP contribution < -0.4 is 75.7 Å². The summed E-state index contributed by atoms with van der Waals surface area (Å²) in [5.74, 6) is -16.9. The molecule has 1 saturated heterocycles. The minimum atomic E-state index is -1.79. The number of unbranched alkanes of at least 4 members (excludes halogenated alkanes) is 1. The zero-order valence-electron chi connectivity index (χ0n) is 61.9. The molecule has 38 heteroatoms. The number of H-pyrrole nitrogens is 2. The van der Waals surface area contributed by atoms with Gasteiger partial charge >= 0.3 is 11.9 Å². The maximum Gasteiger partial charge on any atom is 0.328 e. The van der Waals surface area contributed by atoms with E-state index in [-0.39, 0.29) is 62.3 Å². The third-order valence-electron chi connectivity index (χ3n) is 18.6. The monoisotopic (exact) mass is 1580 g/mol. The van der Waals surface area contributed by atoms with Crippen LogP contribution >= 0.6 is 25.3 Å². The van der Waals surface area contributed by atoms with Gasteiger partial charge in [-0.2, -0.15) is 25.3 Å². The fourth-order valence-corrected chi connectivity index (χ4v) is 12.8. The molecule has 12 atom stereocenters. The Hall–Kier alpha value is -10.8. The lowest BCUT2D eigenvalue weighted by molar-refractivity contribution is -0.144. The van der Waals surface area contributed by atoms with Gasteiger partial charge in [0.05, 0.1) is 19.2 Å². The van der Waals surface area contributed by atoms with Gasteiger partial charge in [-0.15, -0.1) is 0 Å². The van der Waals surface area contributed by atoms with Gasteiger partial charge in [-0.1, -0.05) is 82.6 Å². The average molecular weight is 1580 g/mol. The molecule has 13 amide bonds. The lowest BCUT2D eigenvalue weighted by Crippen LogP contribution is -2.61. The van der Waals surface area contributed by atoms with Crippen LogP contribution in [0.5, 0.6) is 5.75 Å². The van der Waals surface area contributed by atoms with Crippen LogP contribution in [0.4, 0.5) is 0 Å². The molecule has 3 heterocycles. The maximum absolute atomic E-state index is 14.7. The summed E-state index contributed by atoms with van der Waals surface area (Å²) in [5.41, 5.74) is 20.4. The number of carbonyl (C=O) groups excluding carboxylic acids is 13. The SMILES string of the molecule is CC(C)[C@H](NC(=O)CNC(=O)[C@H](Cc1c[nH]c2ccccc12)NC(=O)[C@H](CCC(N)=O)NC(=O)[C@@H](NC(=O)[C@H](CS)NC(=O)[C@H](Cc1c[nH]c2ccccc12)NC(=O)[C@H](Cc1ccc(O)cc1)NC(=O)[C@@H](N)CCCCN)C(C)C)C(=O)N[C@@H](CS)C(=O)N1CCC[C@H]1C(=O)N[C@@H](CCC(=O)O)C(=O)N[C@@H](CO)C(=O)O. The van der Waals surface area contributed by atoms with Gasteiger partial charge in [-0.05, 0) is 97.9 Å². The first kappa shape index (κ1) is 89.1. The number of aliphatic carboxylic acids is 2. The third-order valence-corrected chi connectivity index (χ3v) is 19.3. The van der Waals surface area contributed by atoms with E-state index in [9.17, 15) is 92.3 Å². The number of amides is 13. The van der Waals surface area contributed by atoms with Crippen LogP contribution in [-0.2, 0) is 91.2 Å². The van der Waals surface area contributed by atoms with Crippen molar-refractivity contribution in [3.63, 3.8) is 0 Å². The first-order chi connectivity index (χ1) is 52.8. The summed E-state index contributed by atoms with van der Waals surface area (Å²) >= 11 is 8.67. The highest BCUT2D eigenvalue weighted by Gasteiger charge is 2.41. The van der Waals surface area contributed by atoms with Crippen molar-refractivity contribution < 1.29 is 92.3 Å². The number of aromatic hydroxyl groups is 1. The van der Waals surface area contributed by atoms with Crippen molar-refractivity contribution >= 4 is 136 Å². The molecule has 2 aromatic heterocycles. The number of para-hydroxylation sites is 2. The Morgan fingerprint density at radius 1 is 0.532 bits per heavy atom. The molecule has 0 radical (unpaired) electrons. The number of aromatic nitrogens is 2. The lowest BCUT2D eigenvalue weighted by atomic mass is 10.0. The first-order valence-electron chi connectivity index (χ1n) is 36.3. The van der Waals surface area contributed by atoms with E-state index in [0.29, 0.717) is 57.9 Å². The topological polar surface area (TPSA) is 582 Å². The number of thiol groups is 2. The predicted molar refractivity (Wildman–Crippen MR) is 411 cm³/mol. The van der Waals surface area contributed by atoms with Crippen LogP contribution in [-0.4, -0.2) is 234 Å². The highest BCUT2D eigenvalue weighted by atomic mass is 32.1. The summed E-state index contributed by atoms with van der Waals surface area (Å²) in [5, 5.41) is 67.4. The Morgan fingerprint density at radius 3 is 1.52 bits per heavy atom. The number of hydrogen-bond donors (Lipinski definition) is 22. The molecule has 23 N–H and O–H groups in total. The number of carboxylic acid groups (broad SMARTS) is 2. The number of hydrogen-bond acceptors (Lipinski definition) is 21. The number of nitrogens with one attached hydrogen (secondary N) is 13. The largest absolute Gasteiger partial charge is 0.508 e. The third kappa shape index (κ3) is 26.7. The van der Waals surface area contributed by atoms with Crippen molar-refractivity contribution in [3.8, 4) is 5.75 Å². The van der Waals surface area contributed by atoms with E-state index < -0.39 is 212 Å². The molecule has 0 bridgehead atoms. The number of aliphatic hydroxyl groups is 1. The second kappa shape index (κ2) is 43.5. The number of phenolic OH excluding ortho intramolecular Hbond substituents is 1. The van der Waals surface area contributed by atoms with Crippen LogP contribution in [0.25, 0.3) is 21.8 Å². The number of likely N-dealkylation sites (tertiary alicyclic amines) is 1. The highest BCUT2D eigenvalue weighted by molar-refractivity contribution is 7.80. The van der Waals surface area contributed by atoms with Gasteiger partial charge in [-0.3, -0.25) is 67.1 Å². The Kier molecular flexibility index (Phi) is 34.9. The van der Waals surface area contributed by atoms with E-state index in [1.807, 2.05) is 5.32 Å². The number of benzene rings is 3. The van der Waals surface area contributed by atoms with Crippen LogP contribution in [0, 0.1) is 11.8 Å². The molecule has 1 aliphatic rings. The van der Waals surface area contributed by atoms with Crippen molar-refractivity contribution in [1.82, 2.24) is 73.4 Å². The van der Waals surface area contributed by atoms with E-state index in [4.69, 9.17) is 17.2 Å². The molecule has 1 aliphatic heterocycles. The molecular formula is C73H101N17O19S2. The second-order valence-corrected chi connectivity index (χ2v) is 28.4. The molecule has 0 aliphatic carbocycles. The Labute approximate surface area is 650 Å². The van der Waals surface area contributed by atoms with Gasteiger partial charge in [-0.25, -0.2) is 4.79 Å². The predicted octanol–water partition coefficient (Wildman–Crippen LogP) is -2.83. The molecule has 1 fully saturated rings. The number of nitrogens with zero attached hydrogens (tertiary/aromatic N) is 1. The standard InChI is InChI=1S/C73H101N17O19S2/c1-37(2)60(70(105)87-55(36-111)72(107)90-27-11-17-56(90)69(104)80-49(23-25-59(95)96)65(100)85-53(34-91)73(108)109)88-58(94)33-79-63(98)51(29-40-31-77-46-15-7-5-12-43(40)46)83-64(99)48(22-24-57(76)93)81-71(106)61(38(3)4)89-68(103)54(35-110)86-67(102)52(30-41-32-78-47-16-8-6-13-44(41)47)84-66(101)50(28-39-18-20-42(92)21-19-39)82-62(97)45(75)14-9-10-26-74/h5-8,12-13,15-16,18-21,31-32,37-38,45,48-56,60-61,77-78,91-92,110-111H,9-11,14,17,22-30,33-36,74-75H2,1-4H3,(H2,76,93)(H,79,98)(H,80,104)(H,81,106)(H,82,97)(H,83,99)(H,84,101)(H,85,100)(H,86,102)(H,87,105)(H,88,94)(H,89,103)(H,95,96)(H,108,109)/t45-,48-,49-,50-,51-,52-,53-,54-,55-,56-,60-,61-/m0/s1. The van der Waals surface area contributed by atoms with E-state index >= 15 is 0 Å². The summed E-state index contributed by atoms with van der Waals surface area (Å²) in [6, 6.07) is 2.65. The van der Waals surface area contributed by atoms with Crippen LogP contribution in [0.15, 0.2) is 85.2 Å². The van der Waals surface area contributed by atoms with Gasteiger partial charge in [0.2, 0.25) is 76.8 Å². The Morgan fingerprint density at radius 2 is 1.00 bits per heavy atom. The summed E-state index contributed by atoms with van der Waals surface area (Å²) in [6.07, 6.45) is 2.39. The first-order valence-corrected chi connectivity index (χ1v) is 37.5. The zero-order chi connectivity index (χ0) is 81.8. The van der Waals surface area contributed by atoms with Crippen molar-refractivity contribution in [2.24, 2.45) is 29.0 Å². The quantitative estimate of drug-likeness (QED) is 0.0138. The van der Waals surface area contributed by atoms with Crippen molar-refractivity contribution in [3.05, 3.63) is 102 Å². The van der Waals surface area contributed by atoms with Crippen molar-refractivity contribution in [1.29, 1.82) is 0 Å². The number of rotatable bonds is 45. The van der Waals surface area contributed by atoms with Gasteiger partial charge in [0.15, 0.2) is 0 Å². The second-order valence-electron chi connectivity index (χ2n) is 27.6. The fourth-order valence-electron chi connectivity index (χ4n) is 12.3. The molecular weight excluding hydrogens is 1480 g/mol. The number of fused-ring (bicyclic) bond motifs is 2. The molecule has 0 spiro atoms. The summed E-state index contributed by atoms with van der Waals surface area (Å²) in [4.78, 5) is 212. The van der Waals surface area contributed by atoms with E-state index in [1.54, 1.807) is 101 Å². The number of nitrogens with two attached hydrogens (primary N) is 3.